The smallest absolute Gasteiger partial charge is 0.179 e. The Labute approximate surface area is 203 Å². The lowest BCUT2D eigenvalue weighted by Crippen LogP contribution is -2.43. The number of rotatable bonds is 7. The van der Waals surface area contributed by atoms with Crippen molar-refractivity contribution in [2.75, 3.05) is 40.0 Å². The number of ether oxygens (including phenoxy) is 3. The summed E-state index contributed by atoms with van der Waals surface area (Å²) in [6, 6.07) is 5.44. The van der Waals surface area contributed by atoms with Gasteiger partial charge in [-0.3, -0.25) is 9.97 Å². The van der Waals surface area contributed by atoms with Gasteiger partial charge in [0.15, 0.2) is 23.1 Å². The van der Waals surface area contributed by atoms with Crippen LogP contribution in [0.3, 0.4) is 0 Å². The molecule has 1 N–H and O–H groups in total. The van der Waals surface area contributed by atoms with Crippen molar-refractivity contribution in [2.45, 2.75) is 31.8 Å². The molecule has 1 aromatic carbocycles. The highest BCUT2D eigenvalue weighted by molar-refractivity contribution is 6.32. The average molecular weight is 487 g/mol. The molecule has 1 saturated heterocycles. The van der Waals surface area contributed by atoms with Crippen molar-refractivity contribution < 1.29 is 18.6 Å². The van der Waals surface area contributed by atoms with Gasteiger partial charge in [-0.25, -0.2) is 4.39 Å². The van der Waals surface area contributed by atoms with E-state index in [1.54, 1.807) is 18.5 Å². The highest BCUT2D eigenvalue weighted by atomic mass is 35.5. The van der Waals surface area contributed by atoms with Crippen LogP contribution >= 0.6 is 11.6 Å². The number of benzene rings is 1. The second-order valence-corrected chi connectivity index (χ2v) is 9.03. The molecule has 0 amide bonds. The number of fused-ring (bicyclic) bond motifs is 2. The molecule has 2 aliphatic heterocycles. The predicted molar refractivity (Wildman–Crippen MR) is 128 cm³/mol. The van der Waals surface area contributed by atoms with Crippen molar-refractivity contribution in [3.8, 4) is 17.2 Å². The summed E-state index contributed by atoms with van der Waals surface area (Å²) in [6.45, 7) is 4.65. The maximum Gasteiger partial charge on any atom is 0.179 e. The van der Waals surface area contributed by atoms with E-state index in [9.17, 15) is 4.39 Å². The molecular formula is C25H28ClFN4O3. The largest absolute Gasteiger partial charge is 0.493 e. The van der Waals surface area contributed by atoms with Crippen molar-refractivity contribution in [1.29, 1.82) is 0 Å². The Balaban J connectivity index is 1.16. The van der Waals surface area contributed by atoms with Crippen LogP contribution in [0.1, 0.15) is 24.1 Å². The minimum absolute atomic E-state index is 0.207. The van der Waals surface area contributed by atoms with Crippen LogP contribution in [-0.4, -0.2) is 60.9 Å². The molecule has 7 nitrogen and oxygen atoms in total. The van der Waals surface area contributed by atoms with Gasteiger partial charge in [0.05, 0.1) is 34.9 Å². The van der Waals surface area contributed by atoms with E-state index in [0.717, 1.165) is 49.5 Å². The first-order valence-corrected chi connectivity index (χ1v) is 12.0. The van der Waals surface area contributed by atoms with E-state index in [0.29, 0.717) is 53.9 Å². The third kappa shape index (κ3) is 4.89. The maximum atomic E-state index is 14.3. The van der Waals surface area contributed by atoms with Crippen molar-refractivity contribution in [3.63, 3.8) is 0 Å². The molecule has 180 valence electrons. The van der Waals surface area contributed by atoms with E-state index < -0.39 is 5.82 Å². The van der Waals surface area contributed by atoms with E-state index in [4.69, 9.17) is 25.8 Å². The zero-order valence-corrected chi connectivity index (χ0v) is 19.9. The molecule has 0 unspecified atom stereocenters. The van der Waals surface area contributed by atoms with Crippen LogP contribution in [0.5, 0.6) is 17.2 Å². The SMILES string of the molecule is COc1c(F)ccc2ncc(Cl)c(CCN3CCC(NCc4cc5c(cn4)OCCO5)CC3)c12. The van der Waals surface area contributed by atoms with Gasteiger partial charge in [0.1, 0.15) is 13.2 Å². The molecule has 0 saturated carbocycles. The van der Waals surface area contributed by atoms with Gasteiger partial charge in [-0.2, -0.15) is 0 Å². The van der Waals surface area contributed by atoms with E-state index in [1.165, 1.54) is 13.2 Å². The van der Waals surface area contributed by atoms with Gasteiger partial charge in [-0.1, -0.05) is 11.6 Å². The number of hydrogen-bond acceptors (Lipinski definition) is 7. The molecule has 9 heteroatoms. The van der Waals surface area contributed by atoms with Crippen molar-refractivity contribution in [3.05, 3.63) is 52.7 Å². The predicted octanol–water partition coefficient (Wildman–Crippen LogP) is 4.00. The minimum Gasteiger partial charge on any atom is -0.493 e. The molecule has 0 aliphatic carbocycles. The molecule has 5 rings (SSSR count). The Hall–Kier alpha value is -2.68. The van der Waals surface area contributed by atoms with E-state index >= 15 is 0 Å². The summed E-state index contributed by atoms with van der Waals surface area (Å²) >= 11 is 6.48. The molecule has 0 radical (unpaired) electrons. The summed E-state index contributed by atoms with van der Waals surface area (Å²) in [7, 11) is 1.47. The lowest BCUT2D eigenvalue weighted by atomic mass is 10.0. The molecule has 3 aromatic rings. The standard InChI is InChI=1S/C25H28ClFN4O3/c1-32-25-20(27)2-3-21-24(25)18(19(26)14-30-21)6-9-31-7-4-16(5-8-31)28-13-17-12-22-23(15-29-17)34-11-10-33-22/h2-3,12,14-16,28H,4-11,13H2,1H3. The highest BCUT2D eigenvalue weighted by Gasteiger charge is 2.21. The van der Waals surface area contributed by atoms with E-state index in [-0.39, 0.29) is 5.75 Å². The summed E-state index contributed by atoms with van der Waals surface area (Å²) in [5, 5.41) is 4.83. The number of likely N-dealkylation sites (tertiary alicyclic amines) is 1. The molecule has 4 heterocycles. The third-order valence-electron chi connectivity index (χ3n) is 6.52. The van der Waals surface area contributed by atoms with Crippen LogP contribution in [0.2, 0.25) is 5.02 Å². The molecule has 0 atom stereocenters. The Morgan fingerprint density at radius 3 is 2.74 bits per heavy atom. The van der Waals surface area contributed by atoms with Crippen LogP contribution in [0, 0.1) is 5.82 Å². The quantitative estimate of drug-likeness (QED) is 0.541. The zero-order valence-electron chi connectivity index (χ0n) is 19.2. The number of nitrogens with zero attached hydrogens (tertiary/aromatic N) is 3. The second-order valence-electron chi connectivity index (χ2n) is 8.63. The summed E-state index contributed by atoms with van der Waals surface area (Å²) in [5.74, 6) is 1.29. The van der Waals surface area contributed by atoms with Crippen LogP contribution < -0.4 is 19.5 Å². The summed E-state index contributed by atoms with van der Waals surface area (Å²) in [4.78, 5) is 11.2. The molecule has 1 fully saturated rings. The summed E-state index contributed by atoms with van der Waals surface area (Å²) < 4.78 is 30.8. The van der Waals surface area contributed by atoms with Gasteiger partial charge in [-0.05, 0) is 50.0 Å². The monoisotopic (exact) mass is 486 g/mol. The van der Waals surface area contributed by atoms with E-state index in [2.05, 4.69) is 20.2 Å². The second kappa shape index (κ2) is 10.3. The van der Waals surface area contributed by atoms with Crippen LogP contribution in [-0.2, 0) is 13.0 Å². The van der Waals surface area contributed by atoms with Crippen molar-refractivity contribution in [2.24, 2.45) is 0 Å². The fraction of sp³-hybridized carbons (Fsp3) is 0.440. The van der Waals surface area contributed by atoms with Gasteiger partial charge in [0.2, 0.25) is 0 Å². The molecule has 2 aromatic heterocycles. The molecule has 0 spiro atoms. The summed E-state index contributed by atoms with van der Waals surface area (Å²) in [6.07, 6.45) is 6.18. The van der Waals surface area contributed by atoms with Gasteiger partial charge < -0.3 is 24.4 Å². The normalized spacial score (nSPS) is 16.7. The first-order valence-electron chi connectivity index (χ1n) is 11.6. The first kappa shape index (κ1) is 23.1. The summed E-state index contributed by atoms with van der Waals surface area (Å²) in [5.41, 5.74) is 2.52. The van der Waals surface area contributed by atoms with Gasteiger partial charge in [0, 0.05) is 31.4 Å². The lowest BCUT2D eigenvalue weighted by molar-refractivity contribution is 0.170. The van der Waals surface area contributed by atoms with Crippen LogP contribution in [0.4, 0.5) is 4.39 Å². The maximum absolute atomic E-state index is 14.3. The molecular weight excluding hydrogens is 459 g/mol. The Bertz CT molecular complexity index is 1170. The number of hydrogen-bond donors (Lipinski definition) is 1. The number of halogens is 2. The van der Waals surface area contributed by atoms with Gasteiger partial charge in [0.25, 0.3) is 0 Å². The Morgan fingerprint density at radius 2 is 1.94 bits per heavy atom. The highest BCUT2D eigenvalue weighted by Crippen LogP contribution is 2.34. The number of aromatic nitrogens is 2. The third-order valence-corrected chi connectivity index (χ3v) is 6.85. The molecule has 2 aliphatic rings. The van der Waals surface area contributed by atoms with E-state index in [1.807, 2.05) is 6.07 Å². The number of pyridine rings is 2. The van der Waals surface area contributed by atoms with Gasteiger partial charge >= 0.3 is 0 Å². The fourth-order valence-electron chi connectivity index (χ4n) is 4.68. The minimum atomic E-state index is -0.403. The lowest BCUT2D eigenvalue weighted by Gasteiger charge is -2.32. The number of piperidine rings is 1. The molecule has 0 bridgehead atoms. The topological polar surface area (TPSA) is 68.7 Å². The Morgan fingerprint density at radius 1 is 1.15 bits per heavy atom. The van der Waals surface area contributed by atoms with Crippen molar-refractivity contribution >= 4 is 22.5 Å². The van der Waals surface area contributed by atoms with Crippen LogP contribution in [0.15, 0.2) is 30.6 Å². The molecule has 34 heavy (non-hydrogen) atoms. The Kier molecular flexibility index (Phi) is 6.99. The van der Waals surface area contributed by atoms with Crippen molar-refractivity contribution in [1.82, 2.24) is 20.2 Å². The number of nitrogens with one attached hydrogen (secondary N) is 1. The van der Waals surface area contributed by atoms with Gasteiger partial charge in [-0.15, -0.1) is 0 Å². The van der Waals surface area contributed by atoms with Crippen LogP contribution in [0.25, 0.3) is 10.9 Å². The number of methoxy groups -OCH3 is 1. The first-order chi connectivity index (χ1) is 16.6. The zero-order chi connectivity index (χ0) is 23.5. The average Bonchev–Trinajstić information content (AvgIpc) is 2.87. The fourth-order valence-corrected chi connectivity index (χ4v) is 4.92.